The number of fused-ring (bicyclic) bond motifs is 5. The fourth-order valence-corrected chi connectivity index (χ4v) is 10.0. The fourth-order valence-electron chi connectivity index (χ4n) is 10.0. The zero-order chi connectivity index (χ0) is 48.8. The highest BCUT2D eigenvalue weighted by atomic mass is 19.4. The maximum atomic E-state index is 17.9. The third kappa shape index (κ3) is 8.16. The molecule has 0 saturated carbocycles. The first-order valence-electron chi connectivity index (χ1n) is 22.1. The van der Waals surface area contributed by atoms with E-state index in [-0.39, 0.29) is 42.4 Å². The number of nitrogens with zero attached hydrogens (tertiary/aromatic N) is 7. The molecule has 362 valence electrons. The number of piperazine rings is 1. The van der Waals surface area contributed by atoms with Crippen LogP contribution in [0.25, 0.3) is 22.2 Å². The fraction of sp³-hybridized carbons (Fsp3) is 0.458. The topological polar surface area (TPSA) is 126 Å². The molecule has 4 aliphatic heterocycles. The smallest absolute Gasteiger partial charge is 0.417 e. The predicted molar refractivity (Wildman–Crippen MR) is 238 cm³/mol. The minimum Gasteiger partial charge on any atom is -0.497 e. The van der Waals surface area contributed by atoms with Gasteiger partial charge >= 0.3 is 12.3 Å². The van der Waals surface area contributed by atoms with Crippen molar-refractivity contribution >= 4 is 34.4 Å². The molecule has 1 amide bonds. The summed E-state index contributed by atoms with van der Waals surface area (Å²) in [6.45, 7) is 5.95. The number of hydrogen-bond acceptors (Lipinski definition) is 12. The average molecular weight is 954 g/mol. The van der Waals surface area contributed by atoms with Crippen LogP contribution in [0.5, 0.6) is 17.4 Å². The normalized spacial score (nSPS) is 21.8. The molecule has 5 atom stereocenters. The lowest BCUT2D eigenvalue weighted by Gasteiger charge is -2.49. The standard InChI is InChI=1S/C48H50F7N7O6/c1-24-36(48(53,54)55)31(18-33(37(24)49)59(19-26-8-13-29(65-6)14-9-26)20-27-10-15-30(66-7)16-11-27)39-38(50)40-35-42(58-44(57-40)61-23-47(51,52)34(61)22-63)60-21-28-12-17-32(41(60)25(2)67-43(35)56-39)62(28)45(64)68-46(3,4)5/h8-11,13-16,18,25,28,32,34,41,63H,12,17,19-23H2,1-7H3/t25-,28+,32-,34+,41+/m0/s1. The molecule has 3 aromatic carbocycles. The molecule has 3 saturated heterocycles. The van der Waals surface area contributed by atoms with Gasteiger partial charge in [0.2, 0.25) is 11.8 Å². The lowest BCUT2D eigenvalue weighted by molar-refractivity contribution is -0.137. The van der Waals surface area contributed by atoms with Crippen molar-refractivity contribution in [1.29, 1.82) is 0 Å². The summed E-state index contributed by atoms with van der Waals surface area (Å²) in [6.07, 6.45) is -5.68. The van der Waals surface area contributed by atoms with Gasteiger partial charge in [-0.3, -0.25) is 4.90 Å². The summed E-state index contributed by atoms with van der Waals surface area (Å²) in [5.74, 6) is -5.68. The lowest BCUT2D eigenvalue weighted by atomic mass is 9.95. The Morgan fingerprint density at radius 1 is 0.912 bits per heavy atom. The van der Waals surface area contributed by atoms with E-state index < -0.39 is 113 Å². The molecule has 0 radical (unpaired) electrons. The van der Waals surface area contributed by atoms with Gasteiger partial charge in [-0.25, -0.2) is 32.3 Å². The van der Waals surface area contributed by atoms with E-state index in [4.69, 9.17) is 23.9 Å². The van der Waals surface area contributed by atoms with Gasteiger partial charge in [0, 0.05) is 25.2 Å². The number of anilines is 3. The number of carbonyl (C=O) groups is 1. The number of rotatable bonds is 10. The number of halogens is 7. The van der Waals surface area contributed by atoms with Gasteiger partial charge in [-0.2, -0.15) is 18.2 Å². The Hall–Kier alpha value is -6.31. The number of hydrogen-bond donors (Lipinski definition) is 1. The highest BCUT2D eigenvalue weighted by molar-refractivity contribution is 5.98. The highest BCUT2D eigenvalue weighted by Gasteiger charge is 2.57. The molecule has 1 N–H and O–H groups in total. The van der Waals surface area contributed by atoms with Crippen LogP contribution < -0.4 is 28.9 Å². The van der Waals surface area contributed by atoms with E-state index in [0.717, 1.165) is 17.9 Å². The maximum absolute atomic E-state index is 17.9. The van der Waals surface area contributed by atoms with Crippen molar-refractivity contribution in [2.24, 2.45) is 0 Å². The molecule has 0 spiro atoms. The van der Waals surface area contributed by atoms with Gasteiger partial charge < -0.3 is 38.8 Å². The van der Waals surface area contributed by atoms with Gasteiger partial charge in [0.25, 0.3) is 5.92 Å². The number of aromatic nitrogens is 3. The summed E-state index contributed by atoms with van der Waals surface area (Å²) in [7, 11) is 2.98. The molecule has 2 aromatic heterocycles. The van der Waals surface area contributed by atoms with E-state index in [1.165, 1.54) is 19.1 Å². The van der Waals surface area contributed by atoms with Crippen LogP contribution in [0.2, 0.25) is 0 Å². The van der Waals surface area contributed by atoms with Gasteiger partial charge in [-0.15, -0.1) is 0 Å². The minimum absolute atomic E-state index is 0.00266. The Labute approximate surface area is 387 Å². The first kappa shape index (κ1) is 46.8. The molecule has 0 unspecified atom stereocenters. The summed E-state index contributed by atoms with van der Waals surface area (Å²) >= 11 is 0. The second-order valence-corrected chi connectivity index (χ2v) is 18.7. The number of alkyl halides is 5. The van der Waals surface area contributed by atoms with E-state index in [1.54, 1.807) is 86.0 Å². The number of aliphatic hydroxyl groups is 1. The largest absolute Gasteiger partial charge is 0.497 e. The van der Waals surface area contributed by atoms with E-state index in [2.05, 4.69) is 9.97 Å². The Balaban J connectivity index is 1.25. The van der Waals surface area contributed by atoms with Crippen LogP contribution in [0.1, 0.15) is 62.8 Å². The third-order valence-corrected chi connectivity index (χ3v) is 13.2. The number of carbonyl (C=O) groups excluding carboxylic acids is 1. The number of ether oxygens (including phenoxy) is 4. The molecule has 6 heterocycles. The van der Waals surface area contributed by atoms with Crippen LogP contribution in [-0.4, -0.2) is 107 Å². The number of amides is 1. The number of benzene rings is 3. The SMILES string of the molecule is COc1ccc(CN(Cc2ccc(OC)cc2)c2cc(-c3nc4c5c(nc(N6CC(F)(F)[C@H]6CO)nc5c3F)N3C[C@H]5CC[C@@H]([C@H]3[C@H](C)O4)N5C(=O)OC(C)(C)C)c(C(F)(F)F)c(C)c2F)cc1. The van der Waals surface area contributed by atoms with Crippen LogP contribution in [0.4, 0.5) is 53.0 Å². The van der Waals surface area contributed by atoms with Crippen molar-refractivity contribution in [3.63, 3.8) is 0 Å². The minimum atomic E-state index is -5.26. The van der Waals surface area contributed by atoms with E-state index in [1.807, 2.05) is 0 Å². The van der Waals surface area contributed by atoms with Crippen molar-refractivity contribution in [3.8, 4) is 28.6 Å². The quantitative estimate of drug-likeness (QED) is 0.134. The summed E-state index contributed by atoms with van der Waals surface area (Å²) in [5.41, 5.74) is -4.55. The zero-order valence-electron chi connectivity index (χ0n) is 38.3. The molecule has 2 bridgehead atoms. The molecule has 68 heavy (non-hydrogen) atoms. The first-order valence-corrected chi connectivity index (χ1v) is 22.1. The Morgan fingerprint density at radius 3 is 2.07 bits per heavy atom. The molecular formula is C48H50F7N7O6. The van der Waals surface area contributed by atoms with Crippen LogP contribution in [0, 0.1) is 18.6 Å². The van der Waals surface area contributed by atoms with Crippen molar-refractivity contribution < 1.29 is 59.6 Å². The van der Waals surface area contributed by atoms with Crippen LogP contribution in [0.15, 0.2) is 54.6 Å². The van der Waals surface area contributed by atoms with Crippen LogP contribution in [0.3, 0.4) is 0 Å². The summed E-state index contributed by atoms with van der Waals surface area (Å²) in [4.78, 5) is 33.3. The molecule has 20 heteroatoms. The lowest BCUT2D eigenvalue weighted by Crippen LogP contribution is -2.67. The van der Waals surface area contributed by atoms with Crippen molar-refractivity contribution in [2.75, 3.05) is 48.6 Å². The average Bonchev–Trinajstić information content (AvgIpc) is 3.53. The number of methoxy groups -OCH3 is 2. The molecule has 13 nitrogen and oxygen atoms in total. The molecule has 3 fully saturated rings. The summed E-state index contributed by atoms with van der Waals surface area (Å²) in [6, 6.07) is 11.0. The van der Waals surface area contributed by atoms with E-state index in [0.29, 0.717) is 35.5 Å². The van der Waals surface area contributed by atoms with Gasteiger partial charge in [0.05, 0.1) is 56.7 Å². The van der Waals surface area contributed by atoms with Crippen molar-refractivity contribution in [1.82, 2.24) is 19.9 Å². The molecule has 4 aliphatic rings. The Bertz CT molecular complexity index is 2710. The second-order valence-electron chi connectivity index (χ2n) is 18.7. The molecule has 9 rings (SSSR count). The molecule has 5 aromatic rings. The van der Waals surface area contributed by atoms with Crippen LogP contribution >= 0.6 is 0 Å². The van der Waals surface area contributed by atoms with Crippen LogP contribution in [-0.2, 0) is 24.0 Å². The molecule has 0 aliphatic carbocycles. The van der Waals surface area contributed by atoms with Gasteiger partial charge in [0.15, 0.2) is 5.82 Å². The monoisotopic (exact) mass is 953 g/mol. The Kier molecular flexibility index (Phi) is 11.7. The zero-order valence-corrected chi connectivity index (χ0v) is 38.3. The molecular weight excluding hydrogens is 904 g/mol. The third-order valence-electron chi connectivity index (χ3n) is 13.2. The van der Waals surface area contributed by atoms with Crippen molar-refractivity contribution in [2.45, 2.75) is 109 Å². The highest BCUT2D eigenvalue weighted by Crippen LogP contribution is 2.50. The van der Waals surface area contributed by atoms with E-state index >= 15 is 22.0 Å². The maximum Gasteiger partial charge on any atom is 0.417 e. The van der Waals surface area contributed by atoms with E-state index in [9.17, 15) is 18.7 Å². The van der Waals surface area contributed by atoms with Gasteiger partial charge in [-0.05, 0) is 94.5 Å². The summed E-state index contributed by atoms with van der Waals surface area (Å²) in [5, 5.41) is 9.93. The first-order chi connectivity index (χ1) is 32.1. The second kappa shape index (κ2) is 17.0. The predicted octanol–water partition coefficient (Wildman–Crippen LogP) is 9.08. The number of pyridine rings is 1. The number of aliphatic hydroxyl groups excluding tert-OH is 1. The Morgan fingerprint density at radius 2 is 1.53 bits per heavy atom. The van der Waals surface area contributed by atoms with Crippen molar-refractivity contribution in [3.05, 3.63) is 88.5 Å². The van der Waals surface area contributed by atoms with Gasteiger partial charge in [0.1, 0.15) is 57.5 Å². The van der Waals surface area contributed by atoms with Gasteiger partial charge in [-0.1, -0.05) is 24.3 Å². The summed E-state index contributed by atoms with van der Waals surface area (Å²) < 4.78 is 134.